The summed E-state index contributed by atoms with van der Waals surface area (Å²) in [4.78, 5) is 12.1. The summed E-state index contributed by atoms with van der Waals surface area (Å²) in [5, 5.41) is 11.2. The first kappa shape index (κ1) is 14.4. The molecular formula is C16H15N3O2. The normalized spacial score (nSPS) is 9.71. The van der Waals surface area contributed by atoms with E-state index in [0.717, 1.165) is 5.56 Å². The summed E-state index contributed by atoms with van der Waals surface area (Å²) < 4.78 is 5.19. The van der Waals surface area contributed by atoms with Gasteiger partial charge in [-0.15, -0.1) is 0 Å². The number of hydrogen-bond donors (Lipinski definition) is 2. The van der Waals surface area contributed by atoms with E-state index in [1.54, 1.807) is 42.5 Å². The van der Waals surface area contributed by atoms with Crippen molar-refractivity contribution in [3.8, 4) is 11.8 Å². The van der Waals surface area contributed by atoms with Crippen molar-refractivity contribution < 1.29 is 9.53 Å². The van der Waals surface area contributed by atoms with Crippen LogP contribution in [0.2, 0.25) is 0 Å². The molecule has 0 fully saturated rings. The maximum absolute atomic E-state index is 12.1. The Bertz CT molecular complexity index is 705. The maximum Gasteiger partial charge on any atom is 0.255 e. The van der Waals surface area contributed by atoms with Gasteiger partial charge in [-0.1, -0.05) is 12.1 Å². The highest BCUT2D eigenvalue weighted by atomic mass is 16.5. The third-order valence-electron chi connectivity index (χ3n) is 2.94. The number of nitrogens with one attached hydrogen (secondary N) is 1. The van der Waals surface area contributed by atoms with Crippen LogP contribution in [-0.2, 0) is 0 Å². The predicted molar refractivity (Wildman–Crippen MR) is 81.1 cm³/mol. The molecule has 2 aromatic carbocycles. The second-order valence-electron chi connectivity index (χ2n) is 4.50. The lowest BCUT2D eigenvalue weighted by molar-refractivity contribution is 0.102. The van der Waals surface area contributed by atoms with Gasteiger partial charge in [-0.25, -0.2) is 0 Å². The number of ether oxygens (including phenoxy) is 1. The molecule has 1 amide bonds. The number of nitriles is 1. The molecule has 0 radical (unpaired) electrons. The number of aryl methyl sites for hydroxylation is 1. The molecule has 5 nitrogen and oxygen atoms in total. The lowest BCUT2D eigenvalue weighted by atomic mass is 10.1. The number of rotatable bonds is 4. The van der Waals surface area contributed by atoms with Crippen LogP contribution < -0.4 is 15.8 Å². The second-order valence-corrected chi connectivity index (χ2v) is 4.50. The first-order valence-electron chi connectivity index (χ1n) is 6.37. The summed E-state index contributed by atoms with van der Waals surface area (Å²) >= 11 is 0. The fraction of sp³-hybridized carbons (Fsp3) is 0.125. The molecule has 3 N–H and O–H groups in total. The Hall–Kier alpha value is -3.00. The monoisotopic (exact) mass is 281 g/mol. The Morgan fingerprint density at radius 3 is 2.86 bits per heavy atom. The highest BCUT2D eigenvalue weighted by Gasteiger charge is 2.08. The van der Waals surface area contributed by atoms with Crippen molar-refractivity contribution in [2.24, 2.45) is 0 Å². The van der Waals surface area contributed by atoms with Crippen LogP contribution in [0.4, 0.5) is 11.4 Å². The van der Waals surface area contributed by atoms with E-state index in [2.05, 4.69) is 5.32 Å². The SMILES string of the molecule is Cc1ccc(C(=O)Nc2cccc(OCC#N)c2)cc1N. The van der Waals surface area contributed by atoms with Gasteiger partial charge < -0.3 is 15.8 Å². The number of benzene rings is 2. The van der Waals surface area contributed by atoms with Crippen molar-refractivity contribution in [1.29, 1.82) is 5.26 Å². The molecule has 0 saturated heterocycles. The standard InChI is InChI=1S/C16H15N3O2/c1-11-5-6-12(9-15(11)18)16(20)19-13-3-2-4-14(10-13)21-8-7-17/h2-6,9-10H,8,18H2,1H3,(H,19,20). The Labute approximate surface area is 123 Å². The minimum absolute atomic E-state index is 0.0358. The van der Waals surface area contributed by atoms with Gasteiger partial charge in [-0.2, -0.15) is 5.26 Å². The van der Waals surface area contributed by atoms with E-state index >= 15 is 0 Å². The largest absolute Gasteiger partial charge is 0.479 e. The van der Waals surface area contributed by atoms with Crippen molar-refractivity contribution >= 4 is 17.3 Å². The van der Waals surface area contributed by atoms with Crippen LogP contribution in [0.1, 0.15) is 15.9 Å². The van der Waals surface area contributed by atoms with E-state index in [1.165, 1.54) is 0 Å². The summed E-state index contributed by atoms with van der Waals surface area (Å²) in [5.74, 6) is 0.275. The fourth-order valence-corrected chi connectivity index (χ4v) is 1.76. The number of hydrogen-bond acceptors (Lipinski definition) is 4. The molecule has 0 bridgehead atoms. The number of nitrogens with two attached hydrogens (primary N) is 1. The van der Waals surface area contributed by atoms with Gasteiger partial charge >= 0.3 is 0 Å². The van der Waals surface area contributed by atoms with Crippen LogP contribution in [0.15, 0.2) is 42.5 Å². The first-order chi connectivity index (χ1) is 10.1. The van der Waals surface area contributed by atoms with Gasteiger partial charge in [0.2, 0.25) is 0 Å². The molecular weight excluding hydrogens is 266 g/mol. The number of amides is 1. The molecule has 0 heterocycles. The smallest absolute Gasteiger partial charge is 0.255 e. The Kier molecular flexibility index (Phi) is 4.42. The van der Waals surface area contributed by atoms with E-state index in [-0.39, 0.29) is 12.5 Å². The summed E-state index contributed by atoms with van der Waals surface area (Å²) in [6, 6.07) is 13.9. The van der Waals surface area contributed by atoms with Gasteiger partial charge in [0.1, 0.15) is 11.8 Å². The highest BCUT2D eigenvalue weighted by molar-refractivity contribution is 6.04. The molecule has 0 aliphatic heterocycles. The van der Waals surface area contributed by atoms with Gasteiger partial charge in [0.25, 0.3) is 5.91 Å². The predicted octanol–water partition coefficient (Wildman–Crippen LogP) is 2.73. The van der Waals surface area contributed by atoms with Gasteiger partial charge in [0, 0.05) is 23.0 Å². The van der Waals surface area contributed by atoms with Crippen LogP contribution >= 0.6 is 0 Å². The third kappa shape index (κ3) is 3.74. The molecule has 2 aromatic rings. The number of carbonyl (C=O) groups is 1. The Balaban J connectivity index is 2.12. The molecule has 0 saturated carbocycles. The summed E-state index contributed by atoms with van der Waals surface area (Å²) in [7, 11) is 0. The zero-order chi connectivity index (χ0) is 15.2. The molecule has 106 valence electrons. The minimum atomic E-state index is -0.251. The molecule has 5 heteroatoms. The Morgan fingerprint density at radius 2 is 2.14 bits per heavy atom. The van der Waals surface area contributed by atoms with E-state index in [0.29, 0.717) is 22.7 Å². The van der Waals surface area contributed by atoms with Crippen molar-refractivity contribution in [3.05, 3.63) is 53.6 Å². The highest BCUT2D eigenvalue weighted by Crippen LogP contribution is 2.19. The van der Waals surface area contributed by atoms with E-state index in [9.17, 15) is 4.79 Å². The quantitative estimate of drug-likeness (QED) is 0.843. The van der Waals surface area contributed by atoms with E-state index in [4.69, 9.17) is 15.7 Å². The van der Waals surface area contributed by atoms with Gasteiger partial charge in [-0.3, -0.25) is 4.79 Å². The summed E-state index contributed by atoms with van der Waals surface area (Å²) in [5.41, 5.74) is 8.39. The molecule has 0 spiro atoms. The number of carbonyl (C=O) groups excluding carboxylic acids is 1. The van der Waals surface area contributed by atoms with E-state index < -0.39 is 0 Å². The number of anilines is 2. The van der Waals surface area contributed by atoms with Crippen LogP contribution in [0.25, 0.3) is 0 Å². The average molecular weight is 281 g/mol. The minimum Gasteiger partial charge on any atom is -0.479 e. The summed E-state index contributed by atoms with van der Waals surface area (Å²) in [6.07, 6.45) is 0. The summed E-state index contributed by atoms with van der Waals surface area (Å²) in [6.45, 7) is 1.85. The zero-order valence-electron chi connectivity index (χ0n) is 11.6. The average Bonchev–Trinajstić information content (AvgIpc) is 2.48. The lowest BCUT2D eigenvalue weighted by Gasteiger charge is -2.08. The third-order valence-corrected chi connectivity index (χ3v) is 2.94. The first-order valence-corrected chi connectivity index (χ1v) is 6.37. The fourth-order valence-electron chi connectivity index (χ4n) is 1.76. The molecule has 0 atom stereocenters. The molecule has 0 aliphatic rings. The van der Waals surface area contributed by atoms with Gasteiger partial charge in [0.05, 0.1) is 0 Å². The second kappa shape index (κ2) is 6.44. The lowest BCUT2D eigenvalue weighted by Crippen LogP contribution is -2.12. The molecule has 0 aromatic heterocycles. The Morgan fingerprint density at radius 1 is 1.33 bits per heavy atom. The maximum atomic E-state index is 12.1. The van der Waals surface area contributed by atoms with E-state index in [1.807, 2.05) is 13.0 Å². The molecule has 0 unspecified atom stereocenters. The van der Waals surface area contributed by atoms with Crippen LogP contribution in [-0.4, -0.2) is 12.5 Å². The van der Waals surface area contributed by atoms with Crippen molar-refractivity contribution in [3.63, 3.8) is 0 Å². The van der Waals surface area contributed by atoms with Crippen molar-refractivity contribution in [2.45, 2.75) is 6.92 Å². The van der Waals surface area contributed by atoms with Crippen molar-refractivity contribution in [2.75, 3.05) is 17.7 Å². The number of nitrogen functional groups attached to an aromatic ring is 1. The van der Waals surface area contributed by atoms with Gasteiger partial charge in [0.15, 0.2) is 6.61 Å². The van der Waals surface area contributed by atoms with Crippen LogP contribution in [0.5, 0.6) is 5.75 Å². The van der Waals surface area contributed by atoms with Crippen LogP contribution in [0.3, 0.4) is 0 Å². The topological polar surface area (TPSA) is 88.1 Å². The van der Waals surface area contributed by atoms with Crippen molar-refractivity contribution in [1.82, 2.24) is 0 Å². The molecule has 2 rings (SSSR count). The van der Waals surface area contributed by atoms with Gasteiger partial charge in [-0.05, 0) is 36.8 Å². The molecule has 0 aliphatic carbocycles. The number of nitrogens with zero attached hydrogens (tertiary/aromatic N) is 1. The zero-order valence-corrected chi connectivity index (χ0v) is 11.6. The van der Waals surface area contributed by atoms with Crippen LogP contribution in [0, 0.1) is 18.3 Å². The molecule has 21 heavy (non-hydrogen) atoms.